The van der Waals surface area contributed by atoms with E-state index >= 15 is 0 Å². The van der Waals surface area contributed by atoms with Crippen LogP contribution in [0, 0.1) is 5.41 Å². The van der Waals surface area contributed by atoms with Crippen molar-refractivity contribution in [2.45, 2.75) is 31.7 Å². The number of anilines is 1. The number of hydrogen-bond donors (Lipinski definition) is 4. The van der Waals surface area contributed by atoms with Gasteiger partial charge in [-0.15, -0.1) is 0 Å². The van der Waals surface area contributed by atoms with Crippen molar-refractivity contribution in [3.8, 4) is 5.69 Å². The predicted molar refractivity (Wildman–Crippen MR) is 137 cm³/mol. The van der Waals surface area contributed by atoms with Gasteiger partial charge in [0.15, 0.2) is 0 Å². The van der Waals surface area contributed by atoms with Crippen LogP contribution in [0.3, 0.4) is 0 Å². The highest BCUT2D eigenvalue weighted by atomic mass is 16.5. The van der Waals surface area contributed by atoms with Crippen LogP contribution in [0.5, 0.6) is 0 Å². The van der Waals surface area contributed by atoms with Gasteiger partial charge < -0.3 is 31.5 Å². The summed E-state index contributed by atoms with van der Waals surface area (Å²) >= 11 is 0. The molecule has 34 heavy (non-hydrogen) atoms. The number of carbonyl (C=O) groups excluding carboxylic acids is 1. The molecule has 3 aromatic rings. The van der Waals surface area contributed by atoms with Crippen LogP contribution < -0.4 is 16.8 Å². The van der Waals surface area contributed by atoms with Gasteiger partial charge >= 0.3 is 0 Å². The first-order valence-corrected chi connectivity index (χ1v) is 11.6. The van der Waals surface area contributed by atoms with E-state index < -0.39 is 5.91 Å². The minimum Gasteiger partial charge on any atom is -0.398 e. The quantitative estimate of drug-likeness (QED) is 0.342. The van der Waals surface area contributed by atoms with E-state index in [1.54, 1.807) is 12.1 Å². The fourth-order valence-electron chi connectivity index (χ4n) is 5.05. The smallest absolute Gasteiger partial charge is 0.248 e. The molecule has 1 atom stereocenters. The Bertz CT molecular complexity index is 1330. The lowest BCUT2D eigenvalue weighted by Crippen LogP contribution is -2.21. The molecule has 7 heteroatoms. The highest BCUT2D eigenvalue weighted by Crippen LogP contribution is 2.43. The van der Waals surface area contributed by atoms with Crippen LogP contribution >= 0.6 is 0 Å². The minimum atomic E-state index is -0.451. The summed E-state index contributed by atoms with van der Waals surface area (Å²) in [6.07, 6.45) is 9.48. The summed E-state index contributed by atoms with van der Waals surface area (Å²) in [5.41, 5.74) is 19.0. The molecule has 1 unspecified atom stereocenters. The molecule has 7 nitrogen and oxygen atoms in total. The van der Waals surface area contributed by atoms with Gasteiger partial charge in [0.1, 0.15) is 0 Å². The first-order valence-electron chi connectivity index (χ1n) is 11.6. The lowest BCUT2D eigenvalue weighted by Gasteiger charge is -2.26. The lowest BCUT2D eigenvalue weighted by atomic mass is 9.88. The first kappa shape index (κ1) is 22.0. The number of primary amides is 1. The van der Waals surface area contributed by atoms with Gasteiger partial charge in [-0.1, -0.05) is 6.08 Å². The van der Waals surface area contributed by atoms with E-state index in [4.69, 9.17) is 21.6 Å². The number of nitrogens with zero attached hydrogens (tertiary/aromatic N) is 1. The van der Waals surface area contributed by atoms with Crippen molar-refractivity contribution >= 4 is 34.3 Å². The zero-order chi connectivity index (χ0) is 23.8. The molecule has 0 saturated carbocycles. The zero-order valence-corrected chi connectivity index (χ0v) is 19.2. The van der Waals surface area contributed by atoms with Crippen molar-refractivity contribution < 1.29 is 9.53 Å². The number of nitrogens with two attached hydrogens (primary N) is 2. The molecule has 0 spiro atoms. The van der Waals surface area contributed by atoms with Crippen LogP contribution in [-0.2, 0) is 4.74 Å². The van der Waals surface area contributed by atoms with E-state index in [1.165, 1.54) is 11.9 Å². The Labute approximate surface area is 198 Å². The number of nitrogens with one attached hydrogen (secondary N) is 2. The lowest BCUT2D eigenvalue weighted by molar-refractivity contribution is 0.0842. The van der Waals surface area contributed by atoms with Crippen LogP contribution in [0.2, 0.25) is 0 Å². The fraction of sp³-hybridized carbons (Fsp3) is 0.259. The number of amides is 1. The van der Waals surface area contributed by atoms with Crippen molar-refractivity contribution in [1.29, 1.82) is 5.41 Å². The first-order chi connectivity index (χ1) is 16.5. The van der Waals surface area contributed by atoms with Crippen LogP contribution in [0.1, 0.15) is 52.9 Å². The van der Waals surface area contributed by atoms with E-state index in [0.29, 0.717) is 30.0 Å². The molecule has 1 aromatic heterocycles. The van der Waals surface area contributed by atoms with E-state index in [0.717, 1.165) is 40.6 Å². The molecular weight excluding hydrogens is 426 g/mol. The molecule has 2 aromatic carbocycles. The average Bonchev–Trinajstić information content (AvgIpc) is 3.18. The highest BCUT2D eigenvalue weighted by molar-refractivity contribution is 6.04. The van der Waals surface area contributed by atoms with Gasteiger partial charge in [0, 0.05) is 70.5 Å². The maximum absolute atomic E-state index is 11.7. The molecule has 0 aliphatic carbocycles. The fourth-order valence-corrected chi connectivity index (χ4v) is 5.05. The van der Waals surface area contributed by atoms with Gasteiger partial charge in [-0.3, -0.25) is 4.79 Å². The topological polar surface area (TPSA) is 119 Å². The van der Waals surface area contributed by atoms with Crippen molar-refractivity contribution in [2.24, 2.45) is 5.73 Å². The minimum absolute atomic E-state index is 0.201. The number of rotatable bonds is 5. The number of nitrogen functional groups attached to an aromatic ring is 1. The second-order valence-electron chi connectivity index (χ2n) is 8.95. The Morgan fingerprint density at radius 3 is 2.59 bits per heavy atom. The Morgan fingerprint density at radius 2 is 1.94 bits per heavy atom. The predicted octanol–water partition coefficient (Wildman–Crippen LogP) is 4.09. The molecule has 1 saturated heterocycles. The van der Waals surface area contributed by atoms with Gasteiger partial charge in [0.25, 0.3) is 0 Å². The average molecular weight is 456 g/mol. The van der Waals surface area contributed by atoms with Crippen molar-refractivity contribution in [3.63, 3.8) is 0 Å². The summed E-state index contributed by atoms with van der Waals surface area (Å²) in [5, 5.41) is 12.3. The third-order valence-electron chi connectivity index (χ3n) is 6.72. The second-order valence-corrected chi connectivity index (χ2v) is 8.95. The SMILES string of the molecule is CC1C=C(c2c(C3CCOCC3)n(-c3ccc(C(N)=O)cc3)c3cc(N)c(C=N)cc23)C=CN1. The summed E-state index contributed by atoms with van der Waals surface area (Å²) in [6, 6.07) is 11.6. The number of carbonyl (C=O) groups is 1. The van der Waals surface area contributed by atoms with Crippen LogP contribution in [0.15, 0.2) is 54.8 Å². The summed E-state index contributed by atoms with van der Waals surface area (Å²) in [7, 11) is 0. The van der Waals surface area contributed by atoms with Crippen molar-refractivity contribution in [1.82, 2.24) is 9.88 Å². The van der Waals surface area contributed by atoms with Gasteiger partial charge in [-0.2, -0.15) is 0 Å². The number of aromatic nitrogens is 1. The van der Waals surface area contributed by atoms with Crippen LogP contribution in [0.25, 0.3) is 22.2 Å². The molecule has 2 aliphatic rings. The number of benzene rings is 2. The monoisotopic (exact) mass is 455 g/mol. The Kier molecular flexibility index (Phi) is 5.71. The number of allylic oxidation sites excluding steroid dienone is 2. The Morgan fingerprint density at radius 1 is 1.21 bits per heavy atom. The molecule has 0 radical (unpaired) electrons. The summed E-state index contributed by atoms with van der Waals surface area (Å²) < 4.78 is 7.95. The van der Waals surface area contributed by atoms with E-state index in [9.17, 15) is 4.79 Å². The zero-order valence-electron chi connectivity index (χ0n) is 19.2. The van der Waals surface area contributed by atoms with Gasteiger partial charge in [0.2, 0.25) is 5.91 Å². The summed E-state index contributed by atoms with van der Waals surface area (Å²) in [4.78, 5) is 11.7. The standard InChI is InChI=1S/C27H29N5O2/c1-16-12-19(6-9-31-16)25-22-13-20(15-28)23(29)14-24(22)32(26(25)17-7-10-34-11-8-17)21-4-2-18(3-5-21)27(30)33/h2-6,9,12-17,28,31H,7-8,10-11,29H2,1H3,(H2,30,33). The molecule has 6 N–H and O–H groups in total. The number of fused-ring (bicyclic) bond motifs is 1. The van der Waals surface area contributed by atoms with Gasteiger partial charge in [-0.05, 0) is 74.0 Å². The van der Waals surface area contributed by atoms with Gasteiger partial charge in [0.05, 0.1) is 5.52 Å². The molecule has 174 valence electrons. The summed E-state index contributed by atoms with van der Waals surface area (Å²) in [5.74, 6) is -0.163. The molecule has 1 fully saturated rings. The normalized spacial score (nSPS) is 18.5. The molecule has 1 amide bonds. The Hall–Kier alpha value is -3.84. The molecule has 5 rings (SSSR count). The highest BCUT2D eigenvalue weighted by Gasteiger charge is 2.29. The third-order valence-corrected chi connectivity index (χ3v) is 6.72. The molecular formula is C27H29N5O2. The van der Waals surface area contributed by atoms with E-state index in [-0.39, 0.29) is 12.0 Å². The molecule has 3 heterocycles. The third kappa shape index (κ3) is 3.78. The van der Waals surface area contributed by atoms with Crippen molar-refractivity contribution in [2.75, 3.05) is 18.9 Å². The summed E-state index contributed by atoms with van der Waals surface area (Å²) in [6.45, 7) is 3.56. The van der Waals surface area contributed by atoms with E-state index in [1.807, 2.05) is 30.5 Å². The molecule has 0 bridgehead atoms. The number of hydrogen-bond acceptors (Lipinski definition) is 5. The van der Waals surface area contributed by atoms with Crippen LogP contribution in [-0.4, -0.2) is 35.9 Å². The van der Waals surface area contributed by atoms with Crippen molar-refractivity contribution in [3.05, 3.63) is 77.1 Å². The number of dihydropyridines is 1. The van der Waals surface area contributed by atoms with E-state index in [2.05, 4.69) is 29.0 Å². The maximum Gasteiger partial charge on any atom is 0.248 e. The molecule has 2 aliphatic heterocycles. The Balaban J connectivity index is 1.86. The maximum atomic E-state index is 11.7. The number of ether oxygens (including phenoxy) is 1. The van der Waals surface area contributed by atoms with Crippen LogP contribution in [0.4, 0.5) is 5.69 Å². The van der Waals surface area contributed by atoms with Gasteiger partial charge in [-0.25, -0.2) is 0 Å². The largest absolute Gasteiger partial charge is 0.398 e. The second kappa shape index (κ2) is 8.83.